The fraction of sp³-hybridized carbons (Fsp3) is 0.588. The first-order valence-corrected chi connectivity index (χ1v) is 7.89. The summed E-state index contributed by atoms with van der Waals surface area (Å²) in [4.78, 5) is 11.3. The largest absolute Gasteiger partial charge is 0.490 e. The molecule has 5 heteroatoms. The third-order valence-electron chi connectivity index (χ3n) is 3.91. The highest BCUT2D eigenvalue weighted by molar-refractivity contribution is 5.70. The molecular weight excluding hydrogens is 282 g/mol. The molecule has 1 aromatic carbocycles. The van der Waals surface area contributed by atoms with Crippen molar-refractivity contribution in [2.45, 2.75) is 51.2 Å². The summed E-state index contributed by atoms with van der Waals surface area (Å²) in [6.07, 6.45) is 5.04. The summed E-state index contributed by atoms with van der Waals surface area (Å²) < 4.78 is 16.4. The molecule has 1 aliphatic rings. The Bertz CT molecular complexity index is 497. The monoisotopic (exact) mass is 307 g/mol. The zero-order valence-corrected chi connectivity index (χ0v) is 13.3. The molecule has 1 fully saturated rings. The van der Waals surface area contributed by atoms with Gasteiger partial charge in [-0.2, -0.15) is 0 Å². The molecule has 0 radical (unpaired) electrons. The molecule has 1 aromatic rings. The second-order valence-corrected chi connectivity index (χ2v) is 5.55. The van der Waals surface area contributed by atoms with Gasteiger partial charge in [0.25, 0.3) is 0 Å². The summed E-state index contributed by atoms with van der Waals surface area (Å²) >= 11 is 0. The summed E-state index contributed by atoms with van der Waals surface area (Å²) in [7, 11) is 1.36. The van der Waals surface area contributed by atoms with Crippen LogP contribution in [0.2, 0.25) is 0 Å². The highest BCUT2D eigenvalue weighted by Crippen LogP contribution is 2.34. The van der Waals surface area contributed by atoms with Crippen molar-refractivity contribution in [3.63, 3.8) is 0 Å². The van der Waals surface area contributed by atoms with Crippen molar-refractivity contribution in [2.24, 2.45) is 5.73 Å². The molecule has 2 rings (SSSR count). The molecule has 1 saturated carbocycles. The molecule has 0 heterocycles. The second kappa shape index (κ2) is 8.03. The minimum absolute atomic E-state index is 0.144. The molecule has 2 N–H and O–H groups in total. The SMILES string of the molecule is CCOc1cc(C(N)CC(=O)OC)ccc1OC1CCCC1. The highest BCUT2D eigenvalue weighted by atomic mass is 16.5. The van der Waals surface area contributed by atoms with E-state index in [1.807, 2.05) is 25.1 Å². The molecule has 0 aromatic heterocycles. The van der Waals surface area contributed by atoms with Crippen LogP contribution in [0.25, 0.3) is 0 Å². The Labute approximate surface area is 131 Å². The zero-order chi connectivity index (χ0) is 15.9. The van der Waals surface area contributed by atoms with E-state index in [1.54, 1.807) is 0 Å². The predicted molar refractivity (Wildman–Crippen MR) is 84.1 cm³/mol. The van der Waals surface area contributed by atoms with E-state index >= 15 is 0 Å². The Balaban J connectivity index is 2.12. The van der Waals surface area contributed by atoms with Gasteiger partial charge in [-0.3, -0.25) is 4.79 Å². The fourth-order valence-electron chi connectivity index (χ4n) is 2.69. The van der Waals surface area contributed by atoms with Crippen LogP contribution in [0.3, 0.4) is 0 Å². The molecule has 1 atom stereocenters. The van der Waals surface area contributed by atoms with Gasteiger partial charge in [0.15, 0.2) is 11.5 Å². The summed E-state index contributed by atoms with van der Waals surface area (Å²) in [5, 5.41) is 0. The van der Waals surface area contributed by atoms with Gasteiger partial charge < -0.3 is 19.9 Å². The maximum atomic E-state index is 11.3. The van der Waals surface area contributed by atoms with Crippen LogP contribution in [0.15, 0.2) is 18.2 Å². The second-order valence-electron chi connectivity index (χ2n) is 5.55. The Morgan fingerprint density at radius 3 is 2.68 bits per heavy atom. The number of hydrogen-bond donors (Lipinski definition) is 1. The third kappa shape index (κ3) is 4.37. The molecule has 5 nitrogen and oxygen atoms in total. The van der Waals surface area contributed by atoms with E-state index in [0.29, 0.717) is 12.4 Å². The summed E-state index contributed by atoms with van der Waals surface area (Å²) in [6, 6.07) is 5.23. The van der Waals surface area contributed by atoms with Gasteiger partial charge in [-0.05, 0) is 50.3 Å². The van der Waals surface area contributed by atoms with Gasteiger partial charge in [0, 0.05) is 6.04 Å². The minimum atomic E-state index is -0.410. The number of hydrogen-bond acceptors (Lipinski definition) is 5. The van der Waals surface area contributed by atoms with Gasteiger partial charge in [0.2, 0.25) is 0 Å². The predicted octanol–water partition coefficient (Wildman–Crippen LogP) is 2.97. The average molecular weight is 307 g/mol. The van der Waals surface area contributed by atoms with Crippen molar-refractivity contribution in [3.05, 3.63) is 23.8 Å². The van der Waals surface area contributed by atoms with Crippen LogP contribution in [0, 0.1) is 0 Å². The minimum Gasteiger partial charge on any atom is -0.490 e. The molecule has 0 saturated heterocycles. The average Bonchev–Trinajstić information content (AvgIpc) is 3.02. The van der Waals surface area contributed by atoms with E-state index in [2.05, 4.69) is 4.74 Å². The lowest BCUT2D eigenvalue weighted by atomic mass is 10.0. The standard InChI is InChI=1S/C17H25NO4/c1-3-21-16-10-12(14(18)11-17(19)20-2)8-9-15(16)22-13-6-4-5-7-13/h8-10,13-14H,3-7,11,18H2,1-2H3. The molecule has 122 valence electrons. The van der Waals surface area contributed by atoms with Gasteiger partial charge in [0.05, 0.1) is 26.2 Å². The number of ether oxygens (including phenoxy) is 3. The fourth-order valence-corrected chi connectivity index (χ4v) is 2.69. The highest BCUT2D eigenvalue weighted by Gasteiger charge is 2.20. The van der Waals surface area contributed by atoms with Gasteiger partial charge in [-0.25, -0.2) is 0 Å². The molecule has 0 aliphatic heterocycles. The topological polar surface area (TPSA) is 70.8 Å². The third-order valence-corrected chi connectivity index (χ3v) is 3.91. The number of carbonyl (C=O) groups excluding carboxylic acids is 1. The number of esters is 1. The Morgan fingerprint density at radius 1 is 1.32 bits per heavy atom. The summed E-state index contributed by atoms with van der Waals surface area (Å²) in [5.41, 5.74) is 6.89. The van der Waals surface area contributed by atoms with Crippen LogP contribution in [0.5, 0.6) is 11.5 Å². The number of methoxy groups -OCH3 is 1. The molecule has 0 bridgehead atoms. The molecule has 1 unspecified atom stereocenters. The van der Waals surface area contributed by atoms with E-state index in [1.165, 1.54) is 20.0 Å². The number of benzene rings is 1. The first-order valence-electron chi connectivity index (χ1n) is 7.89. The first-order chi connectivity index (χ1) is 10.6. The summed E-state index contributed by atoms with van der Waals surface area (Å²) in [5.74, 6) is 1.12. The van der Waals surface area contributed by atoms with Gasteiger partial charge in [-0.15, -0.1) is 0 Å². The summed E-state index contributed by atoms with van der Waals surface area (Å²) in [6.45, 7) is 2.48. The molecule has 0 amide bonds. The Kier molecular flexibility index (Phi) is 6.07. The van der Waals surface area contributed by atoms with E-state index < -0.39 is 6.04 Å². The van der Waals surface area contributed by atoms with Crippen LogP contribution in [0.1, 0.15) is 50.6 Å². The van der Waals surface area contributed by atoms with Crippen molar-refractivity contribution in [2.75, 3.05) is 13.7 Å². The number of nitrogens with two attached hydrogens (primary N) is 1. The molecular formula is C17H25NO4. The van der Waals surface area contributed by atoms with Gasteiger partial charge >= 0.3 is 5.97 Å². The van der Waals surface area contributed by atoms with E-state index in [0.717, 1.165) is 24.2 Å². The molecule has 0 spiro atoms. The van der Waals surface area contributed by atoms with Crippen molar-refractivity contribution in [1.82, 2.24) is 0 Å². The number of rotatable bonds is 7. The smallest absolute Gasteiger partial charge is 0.307 e. The van der Waals surface area contributed by atoms with Crippen LogP contribution >= 0.6 is 0 Å². The maximum absolute atomic E-state index is 11.3. The molecule has 22 heavy (non-hydrogen) atoms. The van der Waals surface area contributed by atoms with Crippen LogP contribution in [-0.2, 0) is 9.53 Å². The first kappa shape index (κ1) is 16.6. The van der Waals surface area contributed by atoms with Crippen LogP contribution < -0.4 is 15.2 Å². The van der Waals surface area contributed by atoms with Gasteiger partial charge in [-0.1, -0.05) is 6.07 Å². The lowest BCUT2D eigenvalue weighted by Crippen LogP contribution is -2.17. The van der Waals surface area contributed by atoms with Crippen molar-refractivity contribution in [3.8, 4) is 11.5 Å². The zero-order valence-electron chi connectivity index (χ0n) is 13.3. The molecule has 1 aliphatic carbocycles. The van der Waals surface area contributed by atoms with Crippen molar-refractivity contribution >= 4 is 5.97 Å². The Hall–Kier alpha value is -1.75. The van der Waals surface area contributed by atoms with Gasteiger partial charge in [0.1, 0.15) is 0 Å². The van der Waals surface area contributed by atoms with Crippen molar-refractivity contribution < 1.29 is 19.0 Å². The van der Waals surface area contributed by atoms with E-state index in [9.17, 15) is 4.79 Å². The Morgan fingerprint density at radius 2 is 2.05 bits per heavy atom. The lowest BCUT2D eigenvalue weighted by molar-refractivity contribution is -0.141. The van der Waals surface area contributed by atoms with E-state index in [4.69, 9.17) is 15.2 Å². The normalized spacial score (nSPS) is 16.3. The number of carbonyl (C=O) groups is 1. The van der Waals surface area contributed by atoms with Crippen molar-refractivity contribution in [1.29, 1.82) is 0 Å². The van der Waals surface area contributed by atoms with Crippen LogP contribution in [-0.4, -0.2) is 25.8 Å². The van der Waals surface area contributed by atoms with E-state index in [-0.39, 0.29) is 18.5 Å². The lowest BCUT2D eigenvalue weighted by Gasteiger charge is -2.19. The van der Waals surface area contributed by atoms with Crippen LogP contribution in [0.4, 0.5) is 0 Å². The quantitative estimate of drug-likeness (QED) is 0.784. The maximum Gasteiger partial charge on any atom is 0.307 e.